The highest BCUT2D eigenvalue weighted by molar-refractivity contribution is 5.88. The lowest BCUT2D eigenvalue weighted by atomic mass is 9.82. The molecule has 0 saturated heterocycles. The number of carbonyl (C=O) groups is 2. The van der Waals surface area contributed by atoms with Gasteiger partial charge in [-0.3, -0.25) is 0 Å². The first-order valence-corrected chi connectivity index (χ1v) is 6.86. The van der Waals surface area contributed by atoms with E-state index in [1.165, 1.54) is 6.07 Å². The molecular formula is C14H20N2O5. The molecule has 0 unspecified atom stereocenters. The highest BCUT2D eigenvalue weighted by Crippen LogP contribution is 2.27. The Hall–Kier alpha value is -2.02. The van der Waals surface area contributed by atoms with Gasteiger partial charge in [-0.15, -0.1) is 0 Å². The Morgan fingerprint density at radius 3 is 2.67 bits per heavy atom. The lowest BCUT2D eigenvalue weighted by Gasteiger charge is -2.34. The summed E-state index contributed by atoms with van der Waals surface area (Å²) in [5.41, 5.74) is 0.107. The summed E-state index contributed by atoms with van der Waals surface area (Å²) < 4.78 is 5.29. The Labute approximate surface area is 122 Å². The predicted molar refractivity (Wildman–Crippen MR) is 74.0 cm³/mol. The normalized spacial score (nSPS) is 20.7. The fourth-order valence-electron chi connectivity index (χ4n) is 2.46. The molecule has 116 valence electrons. The summed E-state index contributed by atoms with van der Waals surface area (Å²) in [5, 5.41) is 20.8. The zero-order valence-electron chi connectivity index (χ0n) is 12.1. The van der Waals surface area contributed by atoms with Gasteiger partial charge in [0.05, 0.1) is 12.6 Å². The van der Waals surface area contributed by atoms with Gasteiger partial charge in [-0.05, 0) is 31.7 Å². The fraction of sp³-hybridized carbons (Fsp3) is 0.571. The van der Waals surface area contributed by atoms with Gasteiger partial charge in [-0.2, -0.15) is 0 Å². The zero-order valence-corrected chi connectivity index (χ0v) is 12.1. The monoisotopic (exact) mass is 296 g/mol. The van der Waals surface area contributed by atoms with E-state index >= 15 is 0 Å². The molecule has 0 bridgehead atoms. The van der Waals surface area contributed by atoms with Crippen LogP contribution in [0.2, 0.25) is 0 Å². The van der Waals surface area contributed by atoms with Crippen molar-refractivity contribution in [2.45, 2.75) is 32.4 Å². The average Bonchev–Trinajstić information content (AvgIpc) is 2.75. The number of hydrogen-bond donors (Lipinski definition) is 3. The van der Waals surface area contributed by atoms with Gasteiger partial charge >= 0.3 is 12.0 Å². The van der Waals surface area contributed by atoms with Crippen LogP contribution in [0.25, 0.3) is 0 Å². The van der Waals surface area contributed by atoms with Crippen molar-refractivity contribution in [3.63, 3.8) is 0 Å². The van der Waals surface area contributed by atoms with Crippen molar-refractivity contribution in [2.75, 3.05) is 13.6 Å². The van der Waals surface area contributed by atoms with E-state index in [-0.39, 0.29) is 24.2 Å². The maximum absolute atomic E-state index is 11.9. The molecule has 1 aliphatic rings. The zero-order chi connectivity index (χ0) is 15.6. The predicted octanol–water partition coefficient (Wildman–Crippen LogP) is 1.20. The molecule has 2 rings (SSSR count). The summed E-state index contributed by atoms with van der Waals surface area (Å²) in [4.78, 5) is 24.3. The number of hydrogen-bond acceptors (Lipinski definition) is 4. The van der Waals surface area contributed by atoms with Crippen molar-refractivity contribution in [2.24, 2.45) is 5.92 Å². The number of amides is 2. The molecule has 0 spiro atoms. The molecule has 0 aliphatic heterocycles. The number of carboxylic acids is 1. The third-order valence-electron chi connectivity index (χ3n) is 3.70. The lowest BCUT2D eigenvalue weighted by Crippen LogP contribution is -2.43. The second-order valence-corrected chi connectivity index (χ2v) is 5.52. The van der Waals surface area contributed by atoms with Gasteiger partial charge in [0.2, 0.25) is 0 Å². The molecule has 0 atom stereocenters. The summed E-state index contributed by atoms with van der Waals surface area (Å²) in [6, 6.07) is 1.17. The first-order chi connectivity index (χ1) is 9.86. The molecule has 1 aromatic heterocycles. The molecule has 7 heteroatoms. The van der Waals surface area contributed by atoms with Crippen LogP contribution < -0.4 is 5.32 Å². The van der Waals surface area contributed by atoms with Crippen LogP contribution >= 0.6 is 0 Å². The minimum absolute atomic E-state index is 0.107. The van der Waals surface area contributed by atoms with E-state index < -0.39 is 5.97 Å². The van der Waals surface area contributed by atoms with E-state index in [0.29, 0.717) is 24.0 Å². The van der Waals surface area contributed by atoms with E-state index in [9.17, 15) is 14.7 Å². The second-order valence-electron chi connectivity index (χ2n) is 5.52. The summed E-state index contributed by atoms with van der Waals surface area (Å²) >= 11 is 0. The van der Waals surface area contributed by atoms with E-state index in [1.54, 1.807) is 18.9 Å². The topological polar surface area (TPSA) is 103 Å². The minimum Gasteiger partial charge on any atom is -0.478 e. The van der Waals surface area contributed by atoms with Gasteiger partial charge in [0.1, 0.15) is 17.1 Å². The second kappa shape index (κ2) is 6.17. The number of aryl methyl sites for hydroxylation is 1. The molecule has 1 aromatic rings. The van der Waals surface area contributed by atoms with Crippen molar-refractivity contribution in [3.8, 4) is 0 Å². The molecule has 3 N–H and O–H groups in total. The maximum Gasteiger partial charge on any atom is 0.339 e. The molecule has 2 amide bonds. The van der Waals surface area contributed by atoms with Gasteiger partial charge in [0.25, 0.3) is 0 Å². The van der Waals surface area contributed by atoms with Crippen molar-refractivity contribution < 1.29 is 24.2 Å². The summed E-state index contributed by atoms with van der Waals surface area (Å²) in [7, 11) is 1.69. The molecular weight excluding hydrogens is 276 g/mol. The number of furan rings is 1. The van der Waals surface area contributed by atoms with Gasteiger partial charge < -0.3 is 24.8 Å². The van der Waals surface area contributed by atoms with Crippen molar-refractivity contribution >= 4 is 12.0 Å². The summed E-state index contributed by atoms with van der Waals surface area (Å²) in [6.07, 6.45) is 1.24. The molecule has 21 heavy (non-hydrogen) atoms. The SMILES string of the molecule is Cc1oc(CNC(=O)N(C)CC2CC(O)C2)cc1C(=O)O. The van der Waals surface area contributed by atoms with Crippen LogP contribution in [-0.2, 0) is 6.54 Å². The number of urea groups is 1. The standard InChI is InChI=1S/C14H20N2O5/c1-8-12(13(18)19)5-11(21-8)6-15-14(20)16(2)7-9-3-10(17)4-9/h5,9-10,17H,3-4,6-7H2,1-2H3,(H,15,20)(H,18,19). The number of nitrogens with zero attached hydrogens (tertiary/aromatic N) is 1. The van der Waals surface area contributed by atoms with Gasteiger partial charge in [0.15, 0.2) is 0 Å². The molecule has 1 heterocycles. The van der Waals surface area contributed by atoms with E-state index in [4.69, 9.17) is 9.52 Å². The van der Waals surface area contributed by atoms with Gasteiger partial charge in [-0.25, -0.2) is 9.59 Å². The lowest BCUT2D eigenvalue weighted by molar-refractivity contribution is 0.0324. The van der Waals surface area contributed by atoms with Gasteiger partial charge in [-0.1, -0.05) is 0 Å². The summed E-state index contributed by atoms with van der Waals surface area (Å²) in [5.74, 6) is 0.0315. The van der Waals surface area contributed by atoms with Gasteiger partial charge in [0, 0.05) is 13.6 Å². The Balaban J connectivity index is 1.80. The van der Waals surface area contributed by atoms with Crippen LogP contribution in [0.15, 0.2) is 10.5 Å². The Kier molecular flexibility index (Phi) is 4.52. The van der Waals surface area contributed by atoms with E-state index in [1.807, 2.05) is 0 Å². The van der Waals surface area contributed by atoms with Crippen molar-refractivity contribution in [1.82, 2.24) is 10.2 Å². The van der Waals surface area contributed by atoms with Crippen LogP contribution in [-0.4, -0.2) is 46.8 Å². The number of rotatable bonds is 5. The van der Waals surface area contributed by atoms with Crippen molar-refractivity contribution in [3.05, 3.63) is 23.2 Å². The fourth-order valence-corrected chi connectivity index (χ4v) is 2.46. The molecule has 1 aliphatic carbocycles. The quantitative estimate of drug-likeness (QED) is 0.757. The molecule has 0 radical (unpaired) electrons. The Morgan fingerprint density at radius 2 is 2.14 bits per heavy atom. The number of nitrogens with one attached hydrogen (secondary N) is 1. The Morgan fingerprint density at radius 1 is 1.48 bits per heavy atom. The number of carbonyl (C=O) groups excluding carboxylic acids is 1. The molecule has 0 aromatic carbocycles. The number of aromatic carboxylic acids is 1. The van der Waals surface area contributed by atoms with Crippen LogP contribution in [0.4, 0.5) is 4.79 Å². The van der Waals surface area contributed by atoms with Crippen molar-refractivity contribution in [1.29, 1.82) is 0 Å². The average molecular weight is 296 g/mol. The highest BCUT2D eigenvalue weighted by atomic mass is 16.4. The number of aliphatic hydroxyl groups excluding tert-OH is 1. The molecule has 1 saturated carbocycles. The largest absolute Gasteiger partial charge is 0.478 e. The highest BCUT2D eigenvalue weighted by Gasteiger charge is 2.29. The smallest absolute Gasteiger partial charge is 0.339 e. The summed E-state index contributed by atoms with van der Waals surface area (Å²) in [6.45, 7) is 2.31. The molecule has 1 fully saturated rings. The number of aliphatic hydroxyl groups is 1. The third-order valence-corrected chi connectivity index (χ3v) is 3.70. The van der Waals surface area contributed by atoms with Crippen LogP contribution in [0, 0.1) is 12.8 Å². The maximum atomic E-state index is 11.9. The first-order valence-electron chi connectivity index (χ1n) is 6.86. The third kappa shape index (κ3) is 3.75. The van der Waals surface area contributed by atoms with E-state index in [2.05, 4.69) is 5.32 Å². The Bertz CT molecular complexity index is 533. The molecule has 7 nitrogen and oxygen atoms in total. The van der Waals surface area contributed by atoms with Crippen LogP contribution in [0.1, 0.15) is 34.7 Å². The number of carboxylic acid groups (broad SMARTS) is 1. The minimum atomic E-state index is -1.05. The first kappa shape index (κ1) is 15.4. The van der Waals surface area contributed by atoms with Crippen LogP contribution in [0.3, 0.4) is 0 Å². The van der Waals surface area contributed by atoms with Crippen LogP contribution in [0.5, 0.6) is 0 Å². The van der Waals surface area contributed by atoms with E-state index in [0.717, 1.165) is 12.8 Å².